The number of benzene rings is 1. The highest BCUT2D eigenvalue weighted by Crippen LogP contribution is 2.38. The summed E-state index contributed by atoms with van der Waals surface area (Å²) < 4.78 is 0.693. The van der Waals surface area contributed by atoms with Gasteiger partial charge in [0.1, 0.15) is 5.15 Å². The van der Waals surface area contributed by atoms with Crippen molar-refractivity contribution in [2.75, 3.05) is 5.32 Å². The third-order valence-corrected chi connectivity index (χ3v) is 4.91. The maximum Gasteiger partial charge on any atom is 0.151 e. The van der Waals surface area contributed by atoms with Gasteiger partial charge in [0.2, 0.25) is 0 Å². The average molecular weight is 421 g/mol. The zero-order valence-electron chi connectivity index (χ0n) is 8.95. The molecule has 0 radical (unpaired) electrons. The largest absolute Gasteiger partial charge is 0.338 e. The van der Waals surface area contributed by atoms with Crippen LogP contribution in [-0.4, -0.2) is 4.98 Å². The van der Waals surface area contributed by atoms with Crippen LogP contribution >= 0.6 is 73.9 Å². The SMILES string of the molecule is Clc1cc(Cl)c(Nc2ccc(Br)c(Cl)c2Cl)nc1Cl. The van der Waals surface area contributed by atoms with Gasteiger partial charge in [0.25, 0.3) is 0 Å². The molecule has 2 rings (SSSR count). The van der Waals surface area contributed by atoms with E-state index in [1.807, 2.05) is 0 Å². The highest BCUT2D eigenvalue weighted by Gasteiger charge is 2.12. The fraction of sp³-hybridized carbons (Fsp3) is 0. The van der Waals surface area contributed by atoms with E-state index >= 15 is 0 Å². The van der Waals surface area contributed by atoms with E-state index in [0.29, 0.717) is 31.0 Å². The Morgan fingerprint density at radius 2 is 1.63 bits per heavy atom. The van der Waals surface area contributed by atoms with Gasteiger partial charge in [-0.2, -0.15) is 0 Å². The molecule has 19 heavy (non-hydrogen) atoms. The van der Waals surface area contributed by atoms with Gasteiger partial charge in [-0.05, 0) is 34.1 Å². The molecular formula is C11H4BrCl5N2. The maximum absolute atomic E-state index is 6.12. The summed E-state index contributed by atoms with van der Waals surface area (Å²) in [7, 11) is 0. The Balaban J connectivity index is 2.42. The lowest BCUT2D eigenvalue weighted by molar-refractivity contribution is 1.31. The smallest absolute Gasteiger partial charge is 0.151 e. The molecule has 1 heterocycles. The molecule has 0 saturated heterocycles. The lowest BCUT2D eigenvalue weighted by Gasteiger charge is -2.11. The summed E-state index contributed by atoms with van der Waals surface area (Å²) in [6.45, 7) is 0. The Bertz CT molecular complexity index is 647. The zero-order chi connectivity index (χ0) is 14.2. The maximum atomic E-state index is 6.12. The Morgan fingerprint density at radius 1 is 0.947 bits per heavy atom. The highest BCUT2D eigenvalue weighted by molar-refractivity contribution is 9.10. The number of pyridine rings is 1. The molecule has 1 aromatic carbocycles. The van der Waals surface area contributed by atoms with Crippen molar-refractivity contribution in [1.29, 1.82) is 0 Å². The van der Waals surface area contributed by atoms with Crippen molar-refractivity contribution in [3.8, 4) is 0 Å². The van der Waals surface area contributed by atoms with Crippen LogP contribution in [0, 0.1) is 0 Å². The summed E-state index contributed by atoms with van der Waals surface area (Å²) in [5.74, 6) is 0.344. The summed E-state index contributed by atoms with van der Waals surface area (Å²) in [5.41, 5.74) is 0.558. The number of nitrogens with one attached hydrogen (secondary N) is 1. The molecule has 2 aromatic rings. The minimum absolute atomic E-state index is 0.146. The van der Waals surface area contributed by atoms with Crippen molar-refractivity contribution < 1.29 is 0 Å². The van der Waals surface area contributed by atoms with Gasteiger partial charge in [-0.25, -0.2) is 4.98 Å². The molecule has 0 spiro atoms. The Hall–Kier alpha value is 0.1000. The molecule has 0 saturated carbocycles. The highest BCUT2D eigenvalue weighted by atomic mass is 79.9. The number of hydrogen-bond acceptors (Lipinski definition) is 2. The van der Waals surface area contributed by atoms with Gasteiger partial charge < -0.3 is 5.32 Å². The van der Waals surface area contributed by atoms with Crippen molar-refractivity contribution in [3.63, 3.8) is 0 Å². The number of halogens is 6. The molecular weight excluding hydrogens is 417 g/mol. The second-order valence-electron chi connectivity index (χ2n) is 3.44. The van der Waals surface area contributed by atoms with E-state index in [-0.39, 0.29) is 10.2 Å². The van der Waals surface area contributed by atoms with Crippen molar-refractivity contribution in [3.05, 3.63) is 47.9 Å². The lowest BCUT2D eigenvalue weighted by atomic mass is 10.3. The van der Waals surface area contributed by atoms with Gasteiger partial charge in [0.15, 0.2) is 5.82 Å². The van der Waals surface area contributed by atoms with E-state index in [4.69, 9.17) is 58.0 Å². The quantitative estimate of drug-likeness (QED) is 0.424. The van der Waals surface area contributed by atoms with Crippen molar-refractivity contribution in [1.82, 2.24) is 4.98 Å². The Labute approximate surface area is 143 Å². The standard InChI is InChI=1S/C11H4BrCl5N2/c12-4-1-2-7(9(16)8(4)15)18-11-6(14)3-5(13)10(17)19-11/h1-3H,(H,18,19). The molecule has 2 nitrogen and oxygen atoms in total. The second-order valence-corrected chi connectivity index (χ2v) is 6.22. The van der Waals surface area contributed by atoms with Crippen LogP contribution in [0.4, 0.5) is 11.5 Å². The molecule has 0 unspecified atom stereocenters. The van der Waals surface area contributed by atoms with E-state index in [1.54, 1.807) is 12.1 Å². The monoisotopic (exact) mass is 418 g/mol. The third kappa shape index (κ3) is 3.41. The van der Waals surface area contributed by atoms with Crippen LogP contribution in [-0.2, 0) is 0 Å². The summed E-state index contributed by atoms with van der Waals surface area (Å²) in [4.78, 5) is 4.04. The Kier molecular flexibility index (Phi) is 5.09. The van der Waals surface area contributed by atoms with Crippen LogP contribution in [0.1, 0.15) is 0 Å². The van der Waals surface area contributed by atoms with Crippen LogP contribution in [0.2, 0.25) is 25.2 Å². The van der Waals surface area contributed by atoms with E-state index < -0.39 is 0 Å². The average Bonchev–Trinajstić information content (AvgIpc) is 2.36. The fourth-order valence-corrected chi connectivity index (χ4v) is 2.65. The van der Waals surface area contributed by atoms with Gasteiger partial charge in [0, 0.05) is 4.47 Å². The predicted molar refractivity (Wildman–Crippen MR) is 86.7 cm³/mol. The lowest BCUT2D eigenvalue weighted by Crippen LogP contribution is -1.96. The molecule has 0 amide bonds. The number of anilines is 2. The molecule has 1 N–H and O–H groups in total. The number of hydrogen-bond donors (Lipinski definition) is 1. The minimum Gasteiger partial charge on any atom is -0.338 e. The molecule has 0 atom stereocenters. The molecule has 0 aliphatic rings. The Morgan fingerprint density at radius 3 is 2.32 bits per heavy atom. The number of nitrogens with zero attached hydrogens (tertiary/aromatic N) is 1. The first kappa shape index (κ1) is 15.5. The van der Waals surface area contributed by atoms with E-state index in [1.165, 1.54) is 6.07 Å². The van der Waals surface area contributed by atoms with E-state index in [2.05, 4.69) is 26.2 Å². The van der Waals surface area contributed by atoms with Crippen molar-refractivity contribution in [2.45, 2.75) is 0 Å². The molecule has 100 valence electrons. The van der Waals surface area contributed by atoms with Crippen molar-refractivity contribution >= 4 is 85.4 Å². The van der Waals surface area contributed by atoms with E-state index in [9.17, 15) is 0 Å². The summed E-state index contributed by atoms with van der Waals surface area (Å²) in [5, 5.41) is 4.44. The molecule has 0 aliphatic carbocycles. The first-order chi connectivity index (χ1) is 8.90. The molecule has 0 bridgehead atoms. The normalized spacial score (nSPS) is 10.6. The first-order valence-electron chi connectivity index (χ1n) is 4.82. The summed E-state index contributed by atoms with van der Waals surface area (Å²) in [6, 6.07) is 4.98. The molecule has 0 fully saturated rings. The van der Waals surface area contributed by atoms with Crippen LogP contribution in [0.15, 0.2) is 22.7 Å². The zero-order valence-corrected chi connectivity index (χ0v) is 14.3. The third-order valence-electron chi connectivity index (χ3n) is 2.17. The van der Waals surface area contributed by atoms with Gasteiger partial charge in [-0.15, -0.1) is 0 Å². The summed E-state index contributed by atoms with van der Waals surface area (Å²) in [6.07, 6.45) is 0. The van der Waals surface area contributed by atoms with Crippen molar-refractivity contribution in [2.24, 2.45) is 0 Å². The molecule has 8 heteroatoms. The first-order valence-corrected chi connectivity index (χ1v) is 7.50. The van der Waals surface area contributed by atoms with Crippen LogP contribution in [0.3, 0.4) is 0 Å². The minimum atomic E-state index is 0.146. The van der Waals surface area contributed by atoms with Gasteiger partial charge in [0.05, 0.1) is 25.8 Å². The topological polar surface area (TPSA) is 24.9 Å². The van der Waals surface area contributed by atoms with Crippen LogP contribution in [0.25, 0.3) is 0 Å². The number of aromatic nitrogens is 1. The van der Waals surface area contributed by atoms with Gasteiger partial charge in [-0.1, -0.05) is 58.0 Å². The van der Waals surface area contributed by atoms with Crippen LogP contribution < -0.4 is 5.32 Å². The second kappa shape index (κ2) is 6.25. The number of rotatable bonds is 2. The van der Waals surface area contributed by atoms with Gasteiger partial charge >= 0.3 is 0 Å². The predicted octanol–water partition coefficient (Wildman–Crippen LogP) is 6.85. The van der Waals surface area contributed by atoms with Gasteiger partial charge in [-0.3, -0.25) is 0 Å². The molecule has 1 aromatic heterocycles. The van der Waals surface area contributed by atoms with Crippen LogP contribution in [0.5, 0.6) is 0 Å². The molecule has 0 aliphatic heterocycles. The summed E-state index contributed by atoms with van der Waals surface area (Å²) >= 11 is 33.1. The van der Waals surface area contributed by atoms with E-state index in [0.717, 1.165) is 0 Å². The fourth-order valence-electron chi connectivity index (χ4n) is 1.28.